The molecule has 1 unspecified atom stereocenters. The van der Waals surface area contributed by atoms with Crippen molar-refractivity contribution >= 4 is 38.9 Å². The van der Waals surface area contributed by atoms with Crippen LogP contribution in [0.2, 0.25) is 0 Å². The molecule has 2 amide bonds. The Kier molecular flexibility index (Phi) is 2.33. The third-order valence-electron chi connectivity index (χ3n) is 2.76. The molecule has 86 valence electrons. The van der Waals surface area contributed by atoms with E-state index in [-0.39, 0.29) is 18.2 Å². The molecule has 1 aliphatic heterocycles. The average Bonchev–Trinajstić information content (AvgIpc) is 2.85. The normalized spacial score (nSPS) is 19.6. The fourth-order valence-electron chi connectivity index (χ4n) is 1.93. The lowest BCUT2D eigenvalue weighted by atomic mass is 10.2. The van der Waals surface area contributed by atoms with E-state index in [1.807, 2.05) is 29.6 Å². The van der Waals surface area contributed by atoms with Gasteiger partial charge in [-0.2, -0.15) is 0 Å². The third-order valence-corrected chi connectivity index (χ3v) is 3.66. The third kappa shape index (κ3) is 1.89. The molecule has 0 radical (unpaired) electrons. The maximum absolute atomic E-state index is 11.4. The number of carbonyl (C=O) groups excluding carboxylic acids is 2. The van der Waals surface area contributed by atoms with Crippen molar-refractivity contribution in [1.29, 1.82) is 0 Å². The number of benzene rings is 1. The van der Waals surface area contributed by atoms with Gasteiger partial charge in [-0.3, -0.25) is 14.9 Å². The van der Waals surface area contributed by atoms with E-state index in [2.05, 4.69) is 10.6 Å². The van der Waals surface area contributed by atoms with Crippen LogP contribution in [-0.4, -0.2) is 17.9 Å². The maximum atomic E-state index is 11.4. The van der Waals surface area contributed by atoms with Gasteiger partial charge in [-0.1, -0.05) is 0 Å². The minimum absolute atomic E-state index is 0.209. The number of imide groups is 1. The van der Waals surface area contributed by atoms with Gasteiger partial charge in [0.15, 0.2) is 0 Å². The van der Waals surface area contributed by atoms with Gasteiger partial charge in [-0.25, -0.2) is 0 Å². The lowest BCUT2D eigenvalue weighted by molar-refractivity contribution is -0.124. The zero-order valence-corrected chi connectivity index (χ0v) is 9.71. The van der Waals surface area contributed by atoms with E-state index in [9.17, 15) is 9.59 Å². The van der Waals surface area contributed by atoms with E-state index >= 15 is 0 Å². The number of nitrogens with one attached hydrogen (secondary N) is 2. The molecule has 1 saturated heterocycles. The Bertz CT molecular complexity index is 605. The molecule has 0 saturated carbocycles. The molecular weight excluding hydrogens is 236 g/mol. The van der Waals surface area contributed by atoms with Gasteiger partial charge in [0, 0.05) is 10.4 Å². The quantitative estimate of drug-likeness (QED) is 0.793. The highest BCUT2D eigenvalue weighted by molar-refractivity contribution is 7.17. The van der Waals surface area contributed by atoms with Crippen LogP contribution in [0.4, 0.5) is 5.69 Å². The van der Waals surface area contributed by atoms with Crippen LogP contribution in [0, 0.1) is 0 Å². The van der Waals surface area contributed by atoms with Gasteiger partial charge < -0.3 is 5.32 Å². The molecule has 1 aromatic carbocycles. The van der Waals surface area contributed by atoms with Crippen molar-refractivity contribution in [2.75, 3.05) is 5.32 Å². The van der Waals surface area contributed by atoms with E-state index in [1.165, 1.54) is 4.70 Å². The Morgan fingerprint density at radius 1 is 1.29 bits per heavy atom. The molecule has 5 heteroatoms. The van der Waals surface area contributed by atoms with E-state index in [1.54, 1.807) is 11.3 Å². The van der Waals surface area contributed by atoms with Crippen LogP contribution in [0.25, 0.3) is 10.1 Å². The molecule has 1 aromatic heterocycles. The Morgan fingerprint density at radius 2 is 2.18 bits per heavy atom. The highest BCUT2D eigenvalue weighted by atomic mass is 32.1. The molecule has 2 heterocycles. The minimum atomic E-state index is -0.446. The molecule has 1 aliphatic rings. The van der Waals surface area contributed by atoms with Crippen LogP contribution in [0.5, 0.6) is 0 Å². The minimum Gasteiger partial charge on any atom is -0.373 e. The molecule has 1 atom stereocenters. The summed E-state index contributed by atoms with van der Waals surface area (Å²) >= 11 is 1.68. The number of rotatable bonds is 2. The second-order valence-corrected chi connectivity index (χ2v) is 4.93. The molecule has 4 nitrogen and oxygen atoms in total. The summed E-state index contributed by atoms with van der Waals surface area (Å²) in [5.74, 6) is -0.468. The Balaban J connectivity index is 1.84. The zero-order valence-electron chi connectivity index (χ0n) is 8.90. The smallest absolute Gasteiger partial charge is 0.249 e. The first kappa shape index (κ1) is 10.3. The Morgan fingerprint density at radius 3 is 2.94 bits per heavy atom. The second kappa shape index (κ2) is 3.85. The molecule has 3 rings (SSSR count). The van der Waals surface area contributed by atoms with Gasteiger partial charge >= 0.3 is 0 Å². The van der Waals surface area contributed by atoms with E-state index in [0.29, 0.717) is 0 Å². The Hall–Kier alpha value is -1.88. The van der Waals surface area contributed by atoms with Gasteiger partial charge in [-0.05, 0) is 35.0 Å². The highest BCUT2D eigenvalue weighted by Crippen LogP contribution is 2.24. The monoisotopic (exact) mass is 246 g/mol. The zero-order chi connectivity index (χ0) is 11.8. The lowest BCUT2D eigenvalue weighted by Crippen LogP contribution is -2.29. The average molecular weight is 246 g/mol. The molecule has 0 spiro atoms. The predicted octanol–water partition coefficient (Wildman–Crippen LogP) is 1.73. The van der Waals surface area contributed by atoms with Crippen molar-refractivity contribution in [3.63, 3.8) is 0 Å². The summed E-state index contributed by atoms with van der Waals surface area (Å²) in [5, 5.41) is 8.53. The van der Waals surface area contributed by atoms with Crippen molar-refractivity contribution in [3.05, 3.63) is 29.6 Å². The van der Waals surface area contributed by atoms with Gasteiger partial charge in [0.1, 0.15) is 6.04 Å². The second-order valence-electron chi connectivity index (χ2n) is 3.99. The first-order valence-electron chi connectivity index (χ1n) is 5.30. The summed E-state index contributed by atoms with van der Waals surface area (Å²) in [6, 6.07) is 7.51. The van der Waals surface area contributed by atoms with Crippen molar-refractivity contribution < 1.29 is 9.59 Å². The van der Waals surface area contributed by atoms with Crippen LogP contribution in [-0.2, 0) is 9.59 Å². The van der Waals surface area contributed by atoms with Crippen molar-refractivity contribution in [3.8, 4) is 0 Å². The van der Waals surface area contributed by atoms with Crippen LogP contribution in [0.15, 0.2) is 29.6 Å². The number of hydrogen-bond acceptors (Lipinski definition) is 4. The fourth-order valence-corrected chi connectivity index (χ4v) is 2.70. The molecule has 0 bridgehead atoms. The summed E-state index contributed by atoms with van der Waals surface area (Å²) in [4.78, 5) is 22.5. The number of fused-ring (bicyclic) bond motifs is 1. The van der Waals surface area contributed by atoms with Gasteiger partial charge in [0.2, 0.25) is 11.8 Å². The lowest BCUT2D eigenvalue weighted by Gasteiger charge is -2.10. The molecule has 17 heavy (non-hydrogen) atoms. The highest BCUT2D eigenvalue weighted by Gasteiger charge is 2.30. The molecular formula is C12H10N2O2S. The van der Waals surface area contributed by atoms with E-state index < -0.39 is 6.04 Å². The van der Waals surface area contributed by atoms with Gasteiger partial charge in [0.05, 0.1) is 6.42 Å². The summed E-state index contributed by atoms with van der Waals surface area (Å²) in [7, 11) is 0. The van der Waals surface area contributed by atoms with Gasteiger partial charge in [-0.15, -0.1) is 11.3 Å². The summed E-state index contributed by atoms with van der Waals surface area (Å²) < 4.78 is 1.21. The topological polar surface area (TPSA) is 58.2 Å². The fraction of sp³-hybridized carbons (Fsp3) is 0.167. The maximum Gasteiger partial charge on any atom is 0.249 e. The number of carbonyl (C=O) groups is 2. The number of hydrogen-bond donors (Lipinski definition) is 2. The van der Waals surface area contributed by atoms with Crippen LogP contribution >= 0.6 is 11.3 Å². The van der Waals surface area contributed by atoms with Crippen LogP contribution < -0.4 is 10.6 Å². The number of amides is 2. The van der Waals surface area contributed by atoms with E-state index in [0.717, 1.165) is 11.1 Å². The van der Waals surface area contributed by atoms with Crippen molar-refractivity contribution in [1.82, 2.24) is 5.32 Å². The van der Waals surface area contributed by atoms with Crippen LogP contribution in [0.3, 0.4) is 0 Å². The number of thiophene rings is 1. The van der Waals surface area contributed by atoms with Crippen molar-refractivity contribution in [2.24, 2.45) is 0 Å². The van der Waals surface area contributed by atoms with E-state index in [4.69, 9.17) is 0 Å². The Labute approximate surface area is 102 Å². The summed E-state index contributed by atoms with van der Waals surface area (Å²) in [6.07, 6.45) is 0.209. The van der Waals surface area contributed by atoms with Gasteiger partial charge in [0.25, 0.3) is 0 Å². The van der Waals surface area contributed by atoms with Crippen LogP contribution in [0.1, 0.15) is 6.42 Å². The standard InChI is InChI=1S/C12H10N2O2S/c15-11-6-9(12(16)14-11)13-8-1-2-10-7(5-8)3-4-17-10/h1-5,9,13H,6H2,(H,14,15,16). The molecule has 2 aromatic rings. The molecule has 1 fully saturated rings. The van der Waals surface area contributed by atoms with Crippen molar-refractivity contribution in [2.45, 2.75) is 12.5 Å². The number of anilines is 1. The summed E-state index contributed by atoms with van der Waals surface area (Å²) in [6.45, 7) is 0. The molecule has 0 aliphatic carbocycles. The first-order chi connectivity index (χ1) is 8.22. The largest absolute Gasteiger partial charge is 0.373 e. The first-order valence-corrected chi connectivity index (χ1v) is 6.18. The molecule has 2 N–H and O–H groups in total. The SMILES string of the molecule is O=C1CC(Nc2ccc3sccc3c2)C(=O)N1. The summed E-state index contributed by atoms with van der Waals surface area (Å²) in [5.41, 5.74) is 0.866. The predicted molar refractivity (Wildman–Crippen MR) is 67.0 cm³/mol.